The molecule has 0 spiro atoms. The van der Waals surface area contributed by atoms with Crippen LogP contribution < -0.4 is 10.5 Å². The Bertz CT molecular complexity index is 687. The summed E-state index contributed by atoms with van der Waals surface area (Å²) in [6, 6.07) is 8.19. The summed E-state index contributed by atoms with van der Waals surface area (Å²) in [5.41, 5.74) is 6.55. The van der Waals surface area contributed by atoms with Crippen molar-refractivity contribution in [3.63, 3.8) is 0 Å². The van der Waals surface area contributed by atoms with E-state index in [2.05, 4.69) is 0 Å². The van der Waals surface area contributed by atoms with Crippen molar-refractivity contribution < 1.29 is 14.1 Å². The third-order valence-corrected chi connectivity index (χ3v) is 3.00. The molecule has 0 fully saturated rings. The summed E-state index contributed by atoms with van der Waals surface area (Å²) < 4.78 is 19.4. The number of halogens is 1. The Hall–Kier alpha value is -2.47. The van der Waals surface area contributed by atoms with Gasteiger partial charge < -0.3 is 10.5 Å². The molecule has 0 amide bonds. The maximum absolute atomic E-state index is 13.8. The Kier molecular flexibility index (Phi) is 4.18. The number of nitro groups is 1. The van der Waals surface area contributed by atoms with E-state index in [0.717, 1.165) is 5.56 Å². The lowest BCUT2D eigenvalue weighted by atomic mass is 10.1. The van der Waals surface area contributed by atoms with Gasteiger partial charge in [0.15, 0.2) is 0 Å². The van der Waals surface area contributed by atoms with E-state index in [1.807, 2.05) is 0 Å². The van der Waals surface area contributed by atoms with Gasteiger partial charge in [-0.2, -0.15) is 0 Å². The number of ether oxygens (including phenoxy) is 1. The predicted octanol–water partition coefficient (Wildman–Crippen LogP) is 3.85. The molecule has 0 aromatic heterocycles. The van der Waals surface area contributed by atoms with E-state index in [4.69, 9.17) is 10.5 Å². The Labute approximate surface area is 121 Å². The molecular weight excluding hydrogens is 275 g/mol. The second-order valence-corrected chi connectivity index (χ2v) is 4.77. The average molecular weight is 290 g/mol. The van der Waals surface area contributed by atoms with Gasteiger partial charge in [-0.15, -0.1) is 0 Å². The highest BCUT2D eigenvalue weighted by molar-refractivity contribution is 5.51. The molecule has 2 aromatic carbocycles. The number of hydrogen-bond acceptors (Lipinski definition) is 4. The van der Waals surface area contributed by atoms with Crippen molar-refractivity contribution in [2.75, 3.05) is 0 Å². The lowest BCUT2D eigenvalue weighted by Crippen LogP contribution is -2.09. The molecule has 0 bridgehead atoms. The van der Waals surface area contributed by atoms with Crippen molar-refractivity contribution in [2.24, 2.45) is 5.73 Å². The number of nitro benzene ring substituents is 1. The van der Waals surface area contributed by atoms with Crippen LogP contribution in [0.15, 0.2) is 36.4 Å². The maximum Gasteiger partial charge on any atom is 0.311 e. The smallest absolute Gasteiger partial charge is 0.311 e. The van der Waals surface area contributed by atoms with Crippen LogP contribution in [0.4, 0.5) is 10.1 Å². The van der Waals surface area contributed by atoms with E-state index >= 15 is 0 Å². The van der Waals surface area contributed by atoms with Gasteiger partial charge in [0.05, 0.1) is 4.92 Å². The van der Waals surface area contributed by atoms with Gasteiger partial charge in [-0.3, -0.25) is 10.1 Å². The number of aryl methyl sites for hydroxylation is 1. The SMILES string of the molecule is Cc1ccc([N+](=O)[O-])c(Oc2cccc(F)c2C(C)N)c1. The second kappa shape index (κ2) is 5.88. The van der Waals surface area contributed by atoms with Crippen LogP contribution in [-0.2, 0) is 0 Å². The van der Waals surface area contributed by atoms with Gasteiger partial charge in [-0.1, -0.05) is 12.1 Å². The first-order chi connectivity index (χ1) is 9.90. The fourth-order valence-electron chi connectivity index (χ4n) is 2.02. The summed E-state index contributed by atoms with van der Waals surface area (Å²) >= 11 is 0. The van der Waals surface area contributed by atoms with Gasteiger partial charge in [0, 0.05) is 17.7 Å². The van der Waals surface area contributed by atoms with E-state index in [0.29, 0.717) is 0 Å². The van der Waals surface area contributed by atoms with Gasteiger partial charge in [-0.25, -0.2) is 4.39 Å². The van der Waals surface area contributed by atoms with Crippen molar-refractivity contribution in [3.05, 3.63) is 63.5 Å². The Morgan fingerprint density at radius 2 is 2.00 bits per heavy atom. The topological polar surface area (TPSA) is 78.4 Å². The summed E-state index contributed by atoms with van der Waals surface area (Å²) in [7, 11) is 0. The maximum atomic E-state index is 13.8. The van der Waals surface area contributed by atoms with E-state index < -0.39 is 16.8 Å². The van der Waals surface area contributed by atoms with Crippen molar-refractivity contribution in [1.29, 1.82) is 0 Å². The van der Waals surface area contributed by atoms with Crippen LogP contribution in [0.1, 0.15) is 24.1 Å². The zero-order chi connectivity index (χ0) is 15.6. The van der Waals surface area contributed by atoms with Crippen LogP contribution >= 0.6 is 0 Å². The summed E-state index contributed by atoms with van der Waals surface area (Å²) in [5, 5.41) is 11.0. The average Bonchev–Trinajstić information content (AvgIpc) is 2.37. The van der Waals surface area contributed by atoms with Gasteiger partial charge in [-0.05, 0) is 37.6 Å². The van der Waals surface area contributed by atoms with Crippen molar-refractivity contribution in [3.8, 4) is 11.5 Å². The van der Waals surface area contributed by atoms with Crippen LogP contribution in [0.25, 0.3) is 0 Å². The second-order valence-electron chi connectivity index (χ2n) is 4.77. The number of hydrogen-bond donors (Lipinski definition) is 1. The van der Waals surface area contributed by atoms with E-state index in [9.17, 15) is 14.5 Å². The molecule has 0 saturated carbocycles. The number of nitrogens with two attached hydrogens (primary N) is 1. The molecule has 5 nitrogen and oxygen atoms in total. The third kappa shape index (κ3) is 3.17. The molecule has 0 aliphatic rings. The molecule has 110 valence electrons. The highest BCUT2D eigenvalue weighted by atomic mass is 19.1. The fourth-order valence-corrected chi connectivity index (χ4v) is 2.02. The monoisotopic (exact) mass is 290 g/mol. The molecule has 2 N–H and O–H groups in total. The summed E-state index contributed by atoms with van der Waals surface area (Å²) in [6.45, 7) is 3.41. The van der Waals surface area contributed by atoms with Gasteiger partial charge >= 0.3 is 5.69 Å². The Morgan fingerprint density at radius 1 is 1.29 bits per heavy atom. The molecular formula is C15H15FN2O3. The largest absolute Gasteiger partial charge is 0.450 e. The van der Waals surface area contributed by atoms with Crippen LogP contribution in [0.2, 0.25) is 0 Å². The minimum Gasteiger partial charge on any atom is -0.450 e. The quantitative estimate of drug-likeness (QED) is 0.685. The fraction of sp³-hybridized carbons (Fsp3) is 0.200. The Balaban J connectivity index is 2.50. The van der Waals surface area contributed by atoms with Crippen molar-refractivity contribution in [1.82, 2.24) is 0 Å². The molecule has 0 heterocycles. The summed E-state index contributed by atoms with van der Waals surface area (Å²) in [6.07, 6.45) is 0. The van der Waals surface area contributed by atoms with E-state index in [1.165, 1.54) is 30.3 Å². The first-order valence-electron chi connectivity index (χ1n) is 6.37. The molecule has 1 atom stereocenters. The van der Waals surface area contributed by atoms with Crippen LogP contribution in [0, 0.1) is 22.9 Å². The molecule has 0 radical (unpaired) electrons. The minimum atomic E-state index is -0.593. The number of rotatable bonds is 4. The van der Waals surface area contributed by atoms with Gasteiger partial charge in [0.1, 0.15) is 11.6 Å². The zero-order valence-electron chi connectivity index (χ0n) is 11.7. The summed E-state index contributed by atoms with van der Waals surface area (Å²) in [5.74, 6) is -0.260. The highest BCUT2D eigenvalue weighted by Gasteiger charge is 2.19. The molecule has 1 unspecified atom stereocenters. The van der Waals surface area contributed by atoms with Gasteiger partial charge in [0.25, 0.3) is 0 Å². The summed E-state index contributed by atoms with van der Waals surface area (Å²) in [4.78, 5) is 10.5. The minimum absolute atomic E-state index is 0.0625. The first kappa shape index (κ1) is 14.9. The van der Waals surface area contributed by atoms with Crippen molar-refractivity contribution >= 4 is 5.69 Å². The standard InChI is InChI=1S/C15H15FN2O3/c1-9-6-7-12(18(19)20)14(8-9)21-13-5-3-4-11(16)15(13)10(2)17/h3-8,10H,17H2,1-2H3. The third-order valence-electron chi connectivity index (χ3n) is 3.00. The molecule has 0 aliphatic heterocycles. The molecule has 6 heteroatoms. The number of benzene rings is 2. The zero-order valence-corrected chi connectivity index (χ0v) is 11.7. The normalized spacial score (nSPS) is 12.0. The van der Waals surface area contributed by atoms with Crippen LogP contribution in [-0.4, -0.2) is 4.92 Å². The van der Waals surface area contributed by atoms with Crippen LogP contribution in [0.5, 0.6) is 11.5 Å². The molecule has 2 aromatic rings. The molecule has 2 rings (SSSR count). The number of nitrogens with zero attached hydrogens (tertiary/aromatic N) is 1. The molecule has 0 saturated heterocycles. The molecule has 21 heavy (non-hydrogen) atoms. The predicted molar refractivity (Wildman–Crippen MR) is 76.9 cm³/mol. The first-order valence-corrected chi connectivity index (χ1v) is 6.37. The van der Waals surface area contributed by atoms with E-state index in [-0.39, 0.29) is 22.7 Å². The lowest BCUT2D eigenvalue weighted by molar-refractivity contribution is -0.385. The van der Waals surface area contributed by atoms with Crippen LogP contribution in [0.3, 0.4) is 0 Å². The Morgan fingerprint density at radius 3 is 2.62 bits per heavy atom. The van der Waals surface area contributed by atoms with E-state index in [1.54, 1.807) is 19.9 Å². The van der Waals surface area contributed by atoms with Gasteiger partial charge in [0.2, 0.25) is 5.75 Å². The highest BCUT2D eigenvalue weighted by Crippen LogP contribution is 2.35. The molecule has 0 aliphatic carbocycles. The lowest BCUT2D eigenvalue weighted by Gasteiger charge is -2.14. The van der Waals surface area contributed by atoms with Crippen molar-refractivity contribution in [2.45, 2.75) is 19.9 Å².